The maximum atomic E-state index is 9.71. The molecule has 0 saturated carbocycles. The fourth-order valence-corrected chi connectivity index (χ4v) is 2.04. The predicted molar refractivity (Wildman–Crippen MR) is 65.0 cm³/mol. The molecule has 1 aromatic carbocycles. The zero-order valence-electron chi connectivity index (χ0n) is 9.89. The van der Waals surface area contributed by atoms with Crippen LogP contribution in [0.15, 0.2) is 24.3 Å². The van der Waals surface area contributed by atoms with Crippen LogP contribution in [0.2, 0.25) is 0 Å². The summed E-state index contributed by atoms with van der Waals surface area (Å²) in [6.07, 6.45) is 0.650. The van der Waals surface area contributed by atoms with E-state index in [0.29, 0.717) is 0 Å². The number of rotatable bonds is 2. The second kappa shape index (κ2) is 4.74. The summed E-state index contributed by atoms with van der Waals surface area (Å²) in [6.45, 7) is 5.56. The molecule has 1 heterocycles. The summed E-state index contributed by atoms with van der Waals surface area (Å²) in [5, 5.41) is 9.71. The van der Waals surface area contributed by atoms with Crippen LogP contribution in [0.5, 0.6) is 5.75 Å². The molecule has 2 unspecified atom stereocenters. The van der Waals surface area contributed by atoms with E-state index in [9.17, 15) is 5.11 Å². The van der Waals surface area contributed by atoms with Crippen LogP contribution in [0.1, 0.15) is 20.3 Å². The van der Waals surface area contributed by atoms with E-state index < -0.39 is 0 Å². The molecule has 0 saturated heterocycles. The van der Waals surface area contributed by atoms with Crippen LogP contribution in [0.3, 0.4) is 0 Å². The number of hydrogen-bond acceptors (Lipinski definition) is 3. The molecule has 88 valence electrons. The number of fused-ring (bicyclic) bond motifs is 1. The highest BCUT2D eigenvalue weighted by Gasteiger charge is 2.23. The molecule has 0 aromatic heterocycles. The van der Waals surface area contributed by atoms with Gasteiger partial charge < -0.3 is 14.7 Å². The molecule has 1 N–H and O–H groups in total. The standard InChI is InChI=1S/C13H19NO2/c1-10(11(2)15)14-8-5-9-16-13-7-4-3-6-12(13)14/h3-4,6-7,10-11,15H,5,8-9H2,1-2H3. The van der Waals surface area contributed by atoms with E-state index in [1.165, 1.54) is 0 Å². The van der Waals surface area contributed by atoms with Gasteiger partial charge in [-0.1, -0.05) is 12.1 Å². The predicted octanol–water partition coefficient (Wildman–Crippen LogP) is 2.04. The van der Waals surface area contributed by atoms with Gasteiger partial charge in [-0.2, -0.15) is 0 Å². The van der Waals surface area contributed by atoms with E-state index in [1.54, 1.807) is 0 Å². The first kappa shape index (κ1) is 11.3. The molecule has 2 atom stereocenters. The highest BCUT2D eigenvalue weighted by atomic mass is 16.5. The molecule has 0 fully saturated rings. The molecule has 1 aliphatic rings. The van der Waals surface area contributed by atoms with Gasteiger partial charge in [0.15, 0.2) is 0 Å². The maximum absolute atomic E-state index is 9.71. The summed E-state index contributed by atoms with van der Waals surface area (Å²) < 4.78 is 5.69. The Labute approximate surface area is 96.6 Å². The fourth-order valence-electron chi connectivity index (χ4n) is 2.04. The molecule has 2 rings (SSSR count). The molecule has 0 bridgehead atoms. The Morgan fingerprint density at radius 1 is 1.31 bits per heavy atom. The van der Waals surface area contributed by atoms with E-state index >= 15 is 0 Å². The van der Waals surface area contributed by atoms with Crippen LogP contribution in [0.4, 0.5) is 5.69 Å². The number of hydrogen-bond donors (Lipinski definition) is 1. The van der Waals surface area contributed by atoms with E-state index in [1.807, 2.05) is 32.0 Å². The third kappa shape index (κ3) is 2.14. The average Bonchev–Trinajstić information content (AvgIpc) is 2.50. The third-order valence-corrected chi connectivity index (χ3v) is 3.17. The van der Waals surface area contributed by atoms with Crippen LogP contribution in [0, 0.1) is 0 Å². The van der Waals surface area contributed by atoms with Crippen LogP contribution < -0.4 is 9.64 Å². The topological polar surface area (TPSA) is 32.7 Å². The number of aliphatic hydroxyl groups excluding tert-OH is 1. The van der Waals surface area contributed by atoms with Gasteiger partial charge in [0.05, 0.1) is 24.4 Å². The second-order valence-electron chi connectivity index (χ2n) is 4.34. The Morgan fingerprint density at radius 2 is 2.06 bits per heavy atom. The van der Waals surface area contributed by atoms with E-state index in [4.69, 9.17) is 4.74 Å². The van der Waals surface area contributed by atoms with Gasteiger partial charge >= 0.3 is 0 Å². The van der Waals surface area contributed by atoms with Crippen LogP contribution in [-0.2, 0) is 0 Å². The van der Waals surface area contributed by atoms with Crippen molar-refractivity contribution < 1.29 is 9.84 Å². The molecule has 0 amide bonds. The second-order valence-corrected chi connectivity index (χ2v) is 4.34. The van der Waals surface area contributed by atoms with Crippen molar-refractivity contribution in [2.24, 2.45) is 0 Å². The Morgan fingerprint density at radius 3 is 2.81 bits per heavy atom. The number of benzene rings is 1. The van der Waals surface area contributed by atoms with E-state index in [-0.39, 0.29) is 12.1 Å². The summed E-state index contributed by atoms with van der Waals surface area (Å²) in [5.41, 5.74) is 1.09. The molecule has 0 radical (unpaired) electrons. The van der Waals surface area contributed by atoms with Crippen LogP contribution >= 0.6 is 0 Å². The summed E-state index contributed by atoms with van der Waals surface area (Å²) in [7, 11) is 0. The summed E-state index contributed by atoms with van der Waals surface area (Å²) in [4.78, 5) is 2.23. The lowest BCUT2D eigenvalue weighted by Gasteiger charge is -2.32. The van der Waals surface area contributed by atoms with Crippen LogP contribution in [-0.4, -0.2) is 30.4 Å². The van der Waals surface area contributed by atoms with Crippen molar-refractivity contribution in [1.82, 2.24) is 0 Å². The highest BCUT2D eigenvalue weighted by molar-refractivity contribution is 5.59. The van der Waals surface area contributed by atoms with Crippen molar-refractivity contribution in [2.45, 2.75) is 32.4 Å². The minimum Gasteiger partial charge on any atom is -0.491 e. The lowest BCUT2D eigenvalue weighted by atomic mass is 10.1. The van der Waals surface area contributed by atoms with Gasteiger partial charge in [0.25, 0.3) is 0 Å². The van der Waals surface area contributed by atoms with Crippen LogP contribution in [0.25, 0.3) is 0 Å². The summed E-state index contributed by atoms with van der Waals surface area (Å²) >= 11 is 0. The Hall–Kier alpha value is -1.22. The summed E-state index contributed by atoms with van der Waals surface area (Å²) in [5.74, 6) is 0.924. The number of anilines is 1. The van der Waals surface area contributed by atoms with Crippen molar-refractivity contribution in [3.8, 4) is 5.75 Å². The van der Waals surface area contributed by atoms with Gasteiger partial charge in [0, 0.05) is 6.54 Å². The largest absolute Gasteiger partial charge is 0.491 e. The molecule has 0 aliphatic carbocycles. The Bertz CT molecular complexity index is 352. The Kier molecular flexibility index (Phi) is 3.34. The number of nitrogens with zero attached hydrogens (tertiary/aromatic N) is 1. The SMILES string of the molecule is CC(O)C(C)N1CCCOc2ccccc21. The van der Waals surface area contributed by atoms with Gasteiger partial charge in [0.2, 0.25) is 0 Å². The molecule has 3 heteroatoms. The average molecular weight is 221 g/mol. The molecular formula is C13H19NO2. The zero-order valence-corrected chi connectivity index (χ0v) is 9.89. The lowest BCUT2D eigenvalue weighted by Crippen LogP contribution is -2.40. The van der Waals surface area contributed by atoms with E-state index in [2.05, 4.69) is 11.0 Å². The monoisotopic (exact) mass is 221 g/mol. The molecule has 1 aliphatic heterocycles. The number of para-hydroxylation sites is 2. The van der Waals surface area contributed by atoms with Crippen molar-refractivity contribution in [2.75, 3.05) is 18.1 Å². The lowest BCUT2D eigenvalue weighted by molar-refractivity contribution is 0.165. The molecule has 3 nitrogen and oxygen atoms in total. The van der Waals surface area contributed by atoms with Gasteiger partial charge in [0.1, 0.15) is 5.75 Å². The summed E-state index contributed by atoms with van der Waals surface area (Å²) in [6, 6.07) is 8.15. The first-order valence-electron chi connectivity index (χ1n) is 5.86. The fraction of sp³-hybridized carbons (Fsp3) is 0.538. The van der Waals surface area contributed by atoms with Gasteiger partial charge in [-0.25, -0.2) is 0 Å². The van der Waals surface area contributed by atoms with Crippen molar-refractivity contribution in [3.05, 3.63) is 24.3 Å². The first-order chi connectivity index (χ1) is 7.70. The third-order valence-electron chi connectivity index (χ3n) is 3.17. The zero-order chi connectivity index (χ0) is 11.5. The minimum atomic E-state index is -0.342. The smallest absolute Gasteiger partial charge is 0.142 e. The van der Waals surface area contributed by atoms with Gasteiger partial charge in [-0.3, -0.25) is 0 Å². The molecular weight excluding hydrogens is 202 g/mol. The molecule has 1 aromatic rings. The van der Waals surface area contributed by atoms with Crippen molar-refractivity contribution in [1.29, 1.82) is 0 Å². The quantitative estimate of drug-likeness (QED) is 0.829. The van der Waals surface area contributed by atoms with Gasteiger partial charge in [-0.05, 0) is 32.4 Å². The minimum absolute atomic E-state index is 0.114. The maximum Gasteiger partial charge on any atom is 0.142 e. The number of aliphatic hydroxyl groups is 1. The van der Waals surface area contributed by atoms with Crippen molar-refractivity contribution in [3.63, 3.8) is 0 Å². The molecule has 16 heavy (non-hydrogen) atoms. The van der Waals surface area contributed by atoms with Gasteiger partial charge in [-0.15, -0.1) is 0 Å². The first-order valence-corrected chi connectivity index (χ1v) is 5.86. The molecule has 0 spiro atoms. The van der Waals surface area contributed by atoms with E-state index in [0.717, 1.165) is 31.0 Å². The van der Waals surface area contributed by atoms with Crippen molar-refractivity contribution >= 4 is 5.69 Å². The number of ether oxygens (including phenoxy) is 1. The Balaban J connectivity index is 2.32. The highest BCUT2D eigenvalue weighted by Crippen LogP contribution is 2.32. The normalized spacial score (nSPS) is 19.3.